The van der Waals surface area contributed by atoms with E-state index in [1.807, 2.05) is 47.3 Å². The highest BCUT2D eigenvalue weighted by atomic mass is 35.5. The Kier molecular flexibility index (Phi) is 4.14. The maximum absolute atomic E-state index is 6.46. The highest BCUT2D eigenvalue weighted by Crippen LogP contribution is 2.38. The zero-order valence-electron chi connectivity index (χ0n) is 14.9. The Labute approximate surface area is 166 Å². The van der Waals surface area contributed by atoms with Crippen molar-refractivity contribution in [3.05, 3.63) is 60.1 Å². The minimum absolute atomic E-state index is 0.485. The molecule has 0 bridgehead atoms. The van der Waals surface area contributed by atoms with Gasteiger partial charge in [-0.25, -0.2) is 9.97 Å². The van der Waals surface area contributed by atoms with Crippen LogP contribution >= 0.6 is 22.9 Å². The second kappa shape index (κ2) is 6.66. The molecule has 0 aliphatic heterocycles. The van der Waals surface area contributed by atoms with Gasteiger partial charge in [-0.1, -0.05) is 41.1 Å². The van der Waals surface area contributed by atoms with Crippen molar-refractivity contribution in [3.8, 4) is 21.6 Å². The maximum atomic E-state index is 6.46. The number of halogens is 1. The molecule has 4 aromatic rings. The molecule has 3 aromatic heterocycles. The van der Waals surface area contributed by atoms with Crippen molar-refractivity contribution in [3.63, 3.8) is 0 Å². The van der Waals surface area contributed by atoms with Crippen LogP contribution in [0, 0.1) is 5.92 Å². The van der Waals surface area contributed by atoms with Crippen molar-refractivity contribution in [2.24, 2.45) is 5.92 Å². The second-order valence-electron chi connectivity index (χ2n) is 7.08. The predicted molar refractivity (Wildman–Crippen MR) is 113 cm³/mol. The Bertz CT molecular complexity index is 1110. The first-order valence-corrected chi connectivity index (χ1v) is 10.3. The van der Waals surface area contributed by atoms with Gasteiger partial charge in [0.2, 0.25) is 0 Å². The van der Waals surface area contributed by atoms with E-state index in [0.717, 1.165) is 43.3 Å². The van der Waals surface area contributed by atoms with Crippen molar-refractivity contribution >= 4 is 33.7 Å². The summed E-state index contributed by atoms with van der Waals surface area (Å²) in [5, 5.41) is 5.26. The number of aromatic nitrogens is 3. The lowest BCUT2D eigenvalue weighted by molar-refractivity contribution is 0.693. The van der Waals surface area contributed by atoms with E-state index < -0.39 is 0 Å². The Morgan fingerprint density at radius 3 is 2.89 bits per heavy atom. The fourth-order valence-electron chi connectivity index (χ4n) is 3.43. The zero-order chi connectivity index (χ0) is 18.4. The van der Waals surface area contributed by atoms with E-state index >= 15 is 0 Å². The maximum Gasteiger partial charge on any atom is 0.183 e. The summed E-state index contributed by atoms with van der Waals surface area (Å²) in [6, 6.07) is 10.5. The summed E-state index contributed by atoms with van der Waals surface area (Å²) in [4.78, 5) is 10.2. The SMILES string of the molecule is CC(Nc1ncc(-c2cc(-c3ccccc3Cl)c3nccn3c2)s1)C1CC1. The third kappa shape index (κ3) is 3.22. The van der Waals surface area contributed by atoms with Crippen LogP contribution in [0.3, 0.4) is 0 Å². The molecule has 1 aliphatic carbocycles. The summed E-state index contributed by atoms with van der Waals surface area (Å²) in [5.41, 5.74) is 4.02. The minimum atomic E-state index is 0.485. The summed E-state index contributed by atoms with van der Waals surface area (Å²) in [5.74, 6) is 0.798. The molecule has 0 radical (unpaired) electrons. The Morgan fingerprint density at radius 2 is 2.07 bits per heavy atom. The smallest absolute Gasteiger partial charge is 0.183 e. The fraction of sp³-hybridized carbons (Fsp3) is 0.238. The van der Waals surface area contributed by atoms with Crippen LogP contribution < -0.4 is 5.32 Å². The summed E-state index contributed by atoms with van der Waals surface area (Å²) in [6.45, 7) is 2.24. The molecular formula is C21H19ClN4S. The molecule has 6 heteroatoms. The molecule has 1 aliphatic rings. The second-order valence-corrected chi connectivity index (χ2v) is 8.52. The van der Waals surface area contributed by atoms with Crippen LogP contribution in [0.4, 0.5) is 5.13 Å². The zero-order valence-corrected chi connectivity index (χ0v) is 16.5. The number of thiazole rings is 1. The predicted octanol–water partition coefficient (Wildman–Crippen LogP) is 5.99. The van der Waals surface area contributed by atoms with Gasteiger partial charge in [0.25, 0.3) is 0 Å². The lowest BCUT2D eigenvalue weighted by Gasteiger charge is -2.11. The molecule has 4 nitrogen and oxygen atoms in total. The lowest BCUT2D eigenvalue weighted by Crippen LogP contribution is -2.16. The highest BCUT2D eigenvalue weighted by molar-refractivity contribution is 7.18. The van der Waals surface area contributed by atoms with E-state index in [1.54, 1.807) is 11.3 Å². The summed E-state index contributed by atoms with van der Waals surface area (Å²) >= 11 is 8.15. The van der Waals surface area contributed by atoms with Gasteiger partial charge in [0, 0.05) is 52.5 Å². The van der Waals surface area contributed by atoms with E-state index in [9.17, 15) is 0 Å². The molecule has 1 atom stereocenters. The topological polar surface area (TPSA) is 42.2 Å². The van der Waals surface area contributed by atoms with Crippen LogP contribution in [0.15, 0.2) is 55.1 Å². The lowest BCUT2D eigenvalue weighted by atomic mass is 10.0. The number of nitrogens with zero attached hydrogens (tertiary/aromatic N) is 3. The molecule has 1 saturated carbocycles. The van der Waals surface area contributed by atoms with E-state index in [-0.39, 0.29) is 0 Å². The standard InChI is InChI=1S/C21H19ClN4S/c1-13(14-6-7-14)25-21-24-11-19(27-21)15-10-17(16-4-2-3-5-18(16)22)20-23-8-9-26(20)12-15/h2-5,8-14H,6-7H2,1H3,(H,24,25). The summed E-state index contributed by atoms with van der Waals surface area (Å²) in [7, 11) is 0. The number of rotatable bonds is 5. The average Bonchev–Trinajstić information content (AvgIpc) is 3.24. The third-order valence-electron chi connectivity index (χ3n) is 5.12. The van der Waals surface area contributed by atoms with Gasteiger partial charge in [-0.05, 0) is 37.8 Å². The number of hydrogen-bond acceptors (Lipinski definition) is 4. The molecule has 5 rings (SSSR count). The van der Waals surface area contributed by atoms with Crippen LogP contribution in [0.5, 0.6) is 0 Å². The van der Waals surface area contributed by atoms with Crippen LogP contribution in [0.25, 0.3) is 27.2 Å². The van der Waals surface area contributed by atoms with Gasteiger partial charge in [0.05, 0.1) is 4.88 Å². The number of benzene rings is 1. The van der Waals surface area contributed by atoms with Crippen molar-refractivity contribution in [1.82, 2.24) is 14.4 Å². The third-order valence-corrected chi connectivity index (χ3v) is 6.43. The molecular weight excluding hydrogens is 376 g/mol. The van der Waals surface area contributed by atoms with Gasteiger partial charge in [0.15, 0.2) is 5.13 Å². The van der Waals surface area contributed by atoms with Crippen molar-refractivity contribution in [2.75, 3.05) is 5.32 Å². The van der Waals surface area contributed by atoms with Gasteiger partial charge in [-0.3, -0.25) is 0 Å². The van der Waals surface area contributed by atoms with Crippen molar-refractivity contribution in [1.29, 1.82) is 0 Å². The molecule has 1 fully saturated rings. The van der Waals surface area contributed by atoms with Crippen LogP contribution in [-0.2, 0) is 0 Å². The normalized spacial score (nSPS) is 15.2. The Morgan fingerprint density at radius 1 is 1.22 bits per heavy atom. The molecule has 136 valence electrons. The van der Waals surface area contributed by atoms with Gasteiger partial charge in [0.1, 0.15) is 5.65 Å². The first-order valence-electron chi connectivity index (χ1n) is 9.13. The Hall–Kier alpha value is -2.37. The number of nitrogens with one attached hydrogen (secondary N) is 1. The highest BCUT2D eigenvalue weighted by Gasteiger charge is 2.28. The quantitative estimate of drug-likeness (QED) is 0.452. The molecule has 27 heavy (non-hydrogen) atoms. The van der Waals surface area contributed by atoms with E-state index in [1.165, 1.54) is 12.8 Å². The van der Waals surface area contributed by atoms with Gasteiger partial charge >= 0.3 is 0 Å². The van der Waals surface area contributed by atoms with Gasteiger partial charge in [-0.15, -0.1) is 0 Å². The van der Waals surface area contributed by atoms with Crippen LogP contribution in [0.2, 0.25) is 5.02 Å². The first kappa shape index (κ1) is 16.8. The molecule has 3 heterocycles. The monoisotopic (exact) mass is 394 g/mol. The van der Waals surface area contributed by atoms with Crippen LogP contribution in [0.1, 0.15) is 19.8 Å². The van der Waals surface area contributed by atoms with Gasteiger partial charge < -0.3 is 9.72 Å². The Balaban J connectivity index is 1.56. The fourth-order valence-corrected chi connectivity index (χ4v) is 4.56. The average molecular weight is 395 g/mol. The van der Waals surface area contributed by atoms with E-state index in [0.29, 0.717) is 6.04 Å². The molecule has 1 N–H and O–H groups in total. The van der Waals surface area contributed by atoms with Crippen molar-refractivity contribution in [2.45, 2.75) is 25.8 Å². The van der Waals surface area contributed by atoms with E-state index in [2.05, 4.69) is 34.5 Å². The number of imidazole rings is 1. The number of anilines is 1. The van der Waals surface area contributed by atoms with Gasteiger partial charge in [-0.2, -0.15) is 0 Å². The summed E-state index contributed by atoms with van der Waals surface area (Å²) in [6.07, 6.45) is 10.5. The molecule has 1 unspecified atom stereocenters. The molecule has 0 saturated heterocycles. The molecule has 1 aromatic carbocycles. The first-order chi connectivity index (χ1) is 13.2. The molecule has 0 amide bonds. The largest absolute Gasteiger partial charge is 0.359 e. The number of hydrogen-bond donors (Lipinski definition) is 1. The van der Waals surface area contributed by atoms with Crippen LogP contribution in [-0.4, -0.2) is 20.4 Å². The number of fused-ring (bicyclic) bond motifs is 1. The minimum Gasteiger partial charge on any atom is -0.359 e. The summed E-state index contributed by atoms with van der Waals surface area (Å²) < 4.78 is 2.05. The van der Waals surface area contributed by atoms with Crippen molar-refractivity contribution < 1.29 is 0 Å². The van der Waals surface area contributed by atoms with E-state index in [4.69, 9.17) is 11.6 Å². The number of pyridine rings is 1. The molecule has 0 spiro atoms.